The third-order valence-corrected chi connectivity index (χ3v) is 4.51. The standard InChI is InChI=1S/C18H29FN2/c1-3-5-13-21(14-15-9-8-12-20-15)18(4-2)16-10-6-7-11-17(16)19/h6-7,10-11,15,18,20H,3-5,8-9,12-14H2,1-2H3. The third kappa shape index (κ3) is 4.52. The molecule has 1 aromatic carbocycles. The molecule has 1 aromatic rings. The van der Waals surface area contributed by atoms with Crippen LogP contribution in [0, 0.1) is 5.82 Å². The number of benzene rings is 1. The second kappa shape index (κ2) is 8.50. The van der Waals surface area contributed by atoms with Crippen LogP contribution in [-0.4, -0.2) is 30.6 Å². The molecular weight excluding hydrogens is 263 g/mol. The number of rotatable bonds is 8. The Morgan fingerprint density at radius 1 is 1.33 bits per heavy atom. The van der Waals surface area contributed by atoms with Crippen LogP contribution in [0.1, 0.15) is 57.6 Å². The highest BCUT2D eigenvalue weighted by Gasteiger charge is 2.25. The van der Waals surface area contributed by atoms with E-state index in [0.29, 0.717) is 6.04 Å². The van der Waals surface area contributed by atoms with Crippen LogP contribution in [0.15, 0.2) is 24.3 Å². The van der Waals surface area contributed by atoms with Gasteiger partial charge in [0.1, 0.15) is 5.82 Å². The van der Waals surface area contributed by atoms with Crippen molar-refractivity contribution in [3.05, 3.63) is 35.6 Å². The first-order valence-electron chi connectivity index (χ1n) is 8.48. The van der Waals surface area contributed by atoms with Gasteiger partial charge in [-0.05, 0) is 44.8 Å². The normalized spacial score (nSPS) is 20.1. The van der Waals surface area contributed by atoms with Crippen molar-refractivity contribution in [3.63, 3.8) is 0 Å². The lowest BCUT2D eigenvalue weighted by Gasteiger charge is -2.33. The second-order valence-electron chi connectivity index (χ2n) is 6.09. The van der Waals surface area contributed by atoms with E-state index in [1.807, 2.05) is 12.1 Å². The summed E-state index contributed by atoms with van der Waals surface area (Å²) in [6.45, 7) is 7.60. The fourth-order valence-corrected chi connectivity index (χ4v) is 3.35. The molecule has 2 rings (SSSR count). The summed E-state index contributed by atoms with van der Waals surface area (Å²) in [4.78, 5) is 2.49. The lowest BCUT2D eigenvalue weighted by atomic mass is 10.0. The van der Waals surface area contributed by atoms with E-state index in [1.165, 1.54) is 25.7 Å². The first kappa shape index (κ1) is 16.4. The van der Waals surface area contributed by atoms with Crippen molar-refractivity contribution in [2.24, 2.45) is 0 Å². The molecule has 21 heavy (non-hydrogen) atoms. The van der Waals surface area contributed by atoms with Gasteiger partial charge in [-0.3, -0.25) is 4.90 Å². The van der Waals surface area contributed by atoms with Crippen molar-refractivity contribution in [1.82, 2.24) is 10.2 Å². The first-order chi connectivity index (χ1) is 10.3. The molecule has 2 unspecified atom stereocenters. The topological polar surface area (TPSA) is 15.3 Å². The van der Waals surface area contributed by atoms with Gasteiger partial charge in [0.05, 0.1) is 0 Å². The molecule has 0 saturated carbocycles. The molecule has 1 aliphatic rings. The molecule has 1 N–H and O–H groups in total. The minimum Gasteiger partial charge on any atom is -0.313 e. The summed E-state index contributed by atoms with van der Waals surface area (Å²) in [6.07, 6.45) is 5.83. The Kier molecular flexibility index (Phi) is 6.65. The smallest absolute Gasteiger partial charge is 0.127 e. The van der Waals surface area contributed by atoms with Crippen LogP contribution in [0.4, 0.5) is 4.39 Å². The monoisotopic (exact) mass is 292 g/mol. The van der Waals surface area contributed by atoms with Crippen LogP contribution in [0.3, 0.4) is 0 Å². The van der Waals surface area contributed by atoms with E-state index in [1.54, 1.807) is 12.1 Å². The van der Waals surface area contributed by atoms with Gasteiger partial charge >= 0.3 is 0 Å². The zero-order valence-corrected chi connectivity index (χ0v) is 13.4. The maximum absolute atomic E-state index is 14.2. The first-order valence-corrected chi connectivity index (χ1v) is 8.48. The minimum atomic E-state index is -0.0646. The second-order valence-corrected chi connectivity index (χ2v) is 6.09. The van der Waals surface area contributed by atoms with E-state index in [2.05, 4.69) is 24.1 Å². The zero-order chi connectivity index (χ0) is 15.1. The molecule has 0 spiro atoms. The molecule has 2 atom stereocenters. The Morgan fingerprint density at radius 2 is 2.14 bits per heavy atom. The molecular formula is C18H29FN2. The zero-order valence-electron chi connectivity index (χ0n) is 13.4. The fraction of sp³-hybridized carbons (Fsp3) is 0.667. The lowest BCUT2D eigenvalue weighted by Crippen LogP contribution is -2.40. The largest absolute Gasteiger partial charge is 0.313 e. The summed E-state index contributed by atoms with van der Waals surface area (Å²) in [7, 11) is 0. The van der Waals surface area contributed by atoms with Crippen LogP contribution < -0.4 is 5.32 Å². The quantitative estimate of drug-likeness (QED) is 0.775. The average molecular weight is 292 g/mol. The van der Waals surface area contributed by atoms with Gasteiger partial charge in [0.2, 0.25) is 0 Å². The molecule has 0 aromatic heterocycles. The molecule has 0 aliphatic carbocycles. The molecule has 3 heteroatoms. The Balaban J connectivity index is 2.13. The molecule has 0 amide bonds. The summed E-state index contributed by atoms with van der Waals surface area (Å²) in [5, 5.41) is 3.57. The van der Waals surface area contributed by atoms with Gasteiger partial charge in [-0.25, -0.2) is 4.39 Å². The van der Waals surface area contributed by atoms with Crippen LogP contribution in [0.5, 0.6) is 0 Å². The van der Waals surface area contributed by atoms with Crippen molar-refractivity contribution in [2.75, 3.05) is 19.6 Å². The van der Waals surface area contributed by atoms with E-state index in [0.717, 1.165) is 31.6 Å². The van der Waals surface area contributed by atoms with Gasteiger partial charge in [0, 0.05) is 24.2 Å². The number of hydrogen-bond acceptors (Lipinski definition) is 2. The average Bonchev–Trinajstić information content (AvgIpc) is 3.00. The molecule has 2 nitrogen and oxygen atoms in total. The molecule has 118 valence electrons. The number of nitrogens with one attached hydrogen (secondary N) is 1. The highest BCUT2D eigenvalue weighted by molar-refractivity contribution is 5.21. The lowest BCUT2D eigenvalue weighted by molar-refractivity contribution is 0.170. The highest BCUT2D eigenvalue weighted by Crippen LogP contribution is 2.27. The van der Waals surface area contributed by atoms with Crippen molar-refractivity contribution in [1.29, 1.82) is 0 Å². The minimum absolute atomic E-state index is 0.0646. The SMILES string of the molecule is CCCCN(CC1CCCN1)C(CC)c1ccccc1F. The number of unbranched alkanes of at least 4 members (excludes halogenated alkanes) is 1. The Labute approximate surface area is 128 Å². The molecule has 0 bridgehead atoms. The van der Waals surface area contributed by atoms with E-state index in [-0.39, 0.29) is 11.9 Å². The van der Waals surface area contributed by atoms with Gasteiger partial charge in [-0.2, -0.15) is 0 Å². The molecule has 1 saturated heterocycles. The number of halogens is 1. The molecule has 1 aliphatic heterocycles. The molecule has 1 heterocycles. The number of hydrogen-bond donors (Lipinski definition) is 1. The van der Waals surface area contributed by atoms with Crippen LogP contribution >= 0.6 is 0 Å². The van der Waals surface area contributed by atoms with Crippen LogP contribution in [-0.2, 0) is 0 Å². The van der Waals surface area contributed by atoms with Crippen LogP contribution in [0.25, 0.3) is 0 Å². The Hall–Kier alpha value is -0.930. The predicted octanol–water partition coefficient (Wildman–Crippen LogP) is 4.13. The van der Waals surface area contributed by atoms with E-state index >= 15 is 0 Å². The summed E-state index contributed by atoms with van der Waals surface area (Å²) in [5.74, 6) is -0.0646. The van der Waals surface area contributed by atoms with Gasteiger partial charge in [-0.15, -0.1) is 0 Å². The van der Waals surface area contributed by atoms with Crippen molar-refractivity contribution in [2.45, 2.75) is 58.0 Å². The predicted molar refractivity (Wildman–Crippen MR) is 86.9 cm³/mol. The van der Waals surface area contributed by atoms with Crippen LogP contribution in [0.2, 0.25) is 0 Å². The fourth-order valence-electron chi connectivity index (χ4n) is 3.35. The van der Waals surface area contributed by atoms with Crippen molar-refractivity contribution < 1.29 is 4.39 Å². The third-order valence-electron chi connectivity index (χ3n) is 4.51. The summed E-state index contributed by atoms with van der Waals surface area (Å²) < 4.78 is 14.2. The maximum atomic E-state index is 14.2. The highest BCUT2D eigenvalue weighted by atomic mass is 19.1. The summed E-state index contributed by atoms with van der Waals surface area (Å²) >= 11 is 0. The van der Waals surface area contributed by atoms with Gasteiger partial charge in [-0.1, -0.05) is 38.5 Å². The Bertz CT molecular complexity index is 415. The summed E-state index contributed by atoms with van der Waals surface area (Å²) in [5.41, 5.74) is 0.856. The maximum Gasteiger partial charge on any atom is 0.127 e. The molecule has 1 fully saturated rings. The van der Waals surface area contributed by atoms with Gasteiger partial charge in [0.15, 0.2) is 0 Å². The number of nitrogens with zero attached hydrogens (tertiary/aromatic N) is 1. The van der Waals surface area contributed by atoms with Crippen molar-refractivity contribution >= 4 is 0 Å². The van der Waals surface area contributed by atoms with Gasteiger partial charge in [0.25, 0.3) is 0 Å². The Morgan fingerprint density at radius 3 is 2.76 bits per heavy atom. The van der Waals surface area contributed by atoms with Crippen molar-refractivity contribution in [3.8, 4) is 0 Å². The molecule has 0 radical (unpaired) electrons. The van der Waals surface area contributed by atoms with Gasteiger partial charge < -0.3 is 5.32 Å². The summed E-state index contributed by atoms with van der Waals surface area (Å²) in [6, 6.07) is 8.03. The van der Waals surface area contributed by atoms with E-state index in [9.17, 15) is 4.39 Å². The van der Waals surface area contributed by atoms with E-state index < -0.39 is 0 Å². The van der Waals surface area contributed by atoms with E-state index in [4.69, 9.17) is 0 Å².